The molecule has 1 saturated heterocycles. The first-order valence-corrected chi connectivity index (χ1v) is 8.75. The van der Waals surface area contributed by atoms with E-state index in [-0.39, 0.29) is 0 Å². The molecule has 1 aliphatic heterocycles. The molecule has 2 fully saturated rings. The van der Waals surface area contributed by atoms with Crippen LogP contribution in [-0.4, -0.2) is 67.5 Å². The summed E-state index contributed by atoms with van der Waals surface area (Å²) in [7, 11) is 0. The van der Waals surface area contributed by atoms with Gasteiger partial charge in [0.15, 0.2) is 5.96 Å². The van der Waals surface area contributed by atoms with Gasteiger partial charge in [-0.1, -0.05) is 25.0 Å². The van der Waals surface area contributed by atoms with Crippen molar-refractivity contribution >= 4 is 11.9 Å². The van der Waals surface area contributed by atoms with Gasteiger partial charge < -0.3 is 16.0 Å². The van der Waals surface area contributed by atoms with Crippen molar-refractivity contribution in [3.63, 3.8) is 0 Å². The van der Waals surface area contributed by atoms with Gasteiger partial charge in [0.05, 0.1) is 6.54 Å². The predicted octanol–water partition coefficient (Wildman–Crippen LogP) is 0.801. The molecule has 0 aromatic heterocycles. The molecule has 0 atom stereocenters. The fraction of sp³-hybridized carbons (Fsp3) is 0.765. The topological polar surface area (TPSA) is 74.0 Å². The first-order chi connectivity index (χ1) is 11.1. The first-order valence-electron chi connectivity index (χ1n) is 8.75. The molecule has 2 rings (SSSR count). The zero-order chi connectivity index (χ0) is 16.7. The van der Waals surface area contributed by atoms with Gasteiger partial charge in [0.1, 0.15) is 0 Å². The molecule has 0 unspecified atom stereocenters. The van der Waals surface area contributed by atoms with Crippen LogP contribution in [0.15, 0.2) is 17.1 Å². The fourth-order valence-corrected chi connectivity index (χ4v) is 3.24. The molecule has 1 saturated carbocycles. The van der Waals surface area contributed by atoms with Crippen LogP contribution in [-0.2, 0) is 4.79 Å². The number of nitrogens with zero attached hydrogens (tertiary/aromatic N) is 3. The van der Waals surface area contributed by atoms with Gasteiger partial charge in [-0.15, -0.1) is 0 Å². The number of aliphatic imine (C=N–C) groups is 1. The summed E-state index contributed by atoms with van der Waals surface area (Å²) in [5.41, 5.74) is 6.79. The van der Waals surface area contributed by atoms with Crippen molar-refractivity contribution in [1.29, 1.82) is 0 Å². The number of hydrogen-bond acceptors (Lipinski definition) is 3. The van der Waals surface area contributed by atoms with E-state index in [9.17, 15) is 4.79 Å². The highest BCUT2D eigenvalue weighted by Crippen LogP contribution is 2.26. The predicted molar refractivity (Wildman–Crippen MR) is 94.3 cm³/mol. The van der Waals surface area contributed by atoms with Crippen LogP contribution in [0.2, 0.25) is 0 Å². The molecule has 130 valence electrons. The van der Waals surface area contributed by atoms with Gasteiger partial charge >= 0.3 is 0 Å². The van der Waals surface area contributed by atoms with E-state index in [0.29, 0.717) is 24.3 Å². The summed E-state index contributed by atoms with van der Waals surface area (Å²) >= 11 is 0. The van der Waals surface area contributed by atoms with E-state index in [4.69, 9.17) is 5.73 Å². The zero-order valence-corrected chi connectivity index (χ0v) is 14.4. The number of nitrogens with one attached hydrogen (secondary N) is 1. The minimum atomic E-state index is 0.299. The van der Waals surface area contributed by atoms with Gasteiger partial charge in [0.2, 0.25) is 5.91 Å². The monoisotopic (exact) mass is 321 g/mol. The molecule has 0 aromatic carbocycles. The van der Waals surface area contributed by atoms with Crippen molar-refractivity contribution in [1.82, 2.24) is 15.1 Å². The molecule has 0 spiro atoms. The molecule has 1 aliphatic carbocycles. The number of carbonyl (C=O) groups is 1. The quantitative estimate of drug-likeness (QED) is 0.431. The Labute approximate surface area is 139 Å². The molecule has 1 heterocycles. The third-order valence-electron chi connectivity index (χ3n) is 4.64. The van der Waals surface area contributed by atoms with E-state index < -0.39 is 0 Å². The molecule has 2 aliphatic rings. The van der Waals surface area contributed by atoms with E-state index >= 15 is 0 Å². The molecule has 23 heavy (non-hydrogen) atoms. The highest BCUT2D eigenvalue weighted by molar-refractivity contribution is 5.79. The van der Waals surface area contributed by atoms with E-state index in [1.54, 1.807) is 0 Å². The Hall–Kier alpha value is -1.56. The summed E-state index contributed by atoms with van der Waals surface area (Å²) in [5.74, 6) is 1.16. The smallest absolute Gasteiger partial charge is 0.225 e. The second-order valence-corrected chi connectivity index (χ2v) is 6.73. The van der Waals surface area contributed by atoms with Crippen molar-refractivity contribution in [2.24, 2.45) is 16.6 Å². The second-order valence-electron chi connectivity index (χ2n) is 6.73. The number of guanidine groups is 1. The molecule has 6 nitrogen and oxygen atoms in total. The first kappa shape index (κ1) is 17.8. The normalized spacial score (nSPS) is 20.7. The zero-order valence-electron chi connectivity index (χ0n) is 14.4. The van der Waals surface area contributed by atoms with Crippen molar-refractivity contribution in [3.05, 3.63) is 12.2 Å². The van der Waals surface area contributed by atoms with E-state index in [1.165, 1.54) is 12.8 Å². The van der Waals surface area contributed by atoms with Gasteiger partial charge in [-0.25, -0.2) is 4.99 Å². The number of piperazine rings is 1. The summed E-state index contributed by atoms with van der Waals surface area (Å²) in [4.78, 5) is 21.0. The Bertz CT molecular complexity index is 434. The van der Waals surface area contributed by atoms with Gasteiger partial charge in [-0.3, -0.25) is 9.69 Å². The van der Waals surface area contributed by atoms with Gasteiger partial charge in [-0.05, 0) is 19.8 Å². The van der Waals surface area contributed by atoms with Crippen molar-refractivity contribution < 1.29 is 4.79 Å². The maximum atomic E-state index is 12.4. The molecule has 0 bridgehead atoms. The van der Waals surface area contributed by atoms with Crippen LogP contribution >= 0.6 is 0 Å². The van der Waals surface area contributed by atoms with E-state index in [1.807, 2.05) is 6.92 Å². The average molecular weight is 321 g/mol. The van der Waals surface area contributed by atoms with Crippen molar-refractivity contribution in [2.75, 3.05) is 45.8 Å². The lowest BCUT2D eigenvalue weighted by Gasteiger charge is -2.36. The largest absolute Gasteiger partial charge is 0.370 e. The van der Waals surface area contributed by atoms with Crippen LogP contribution < -0.4 is 11.1 Å². The van der Waals surface area contributed by atoms with Crippen LogP contribution in [0.5, 0.6) is 0 Å². The summed E-state index contributed by atoms with van der Waals surface area (Å²) in [6.45, 7) is 11.6. The minimum Gasteiger partial charge on any atom is -0.370 e. The molecule has 0 aromatic rings. The number of hydrogen-bond donors (Lipinski definition) is 2. The summed E-state index contributed by atoms with van der Waals surface area (Å²) in [6, 6.07) is 0. The molecule has 3 N–H and O–H groups in total. The van der Waals surface area contributed by atoms with Crippen LogP contribution in [0, 0.1) is 5.92 Å². The molecule has 0 radical (unpaired) electrons. The Kier molecular flexibility index (Phi) is 6.89. The molecule has 6 heteroatoms. The average Bonchev–Trinajstić information content (AvgIpc) is 3.07. The SMILES string of the molecule is C=C(C)CN=C(N)NCCN1CCN(C(=O)C2CCCC2)CC1. The van der Waals surface area contributed by atoms with Gasteiger partial charge in [0.25, 0.3) is 0 Å². The summed E-state index contributed by atoms with van der Waals surface area (Å²) < 4.78 is 0. The van der Waals surface area contributed by atoms with Crippen LogP contribution in [0.3, 0.4) is 0 Å². The fourth-order valence-electron chi connectivity index (χ4n) is 3.24. The lowest BCUT2D eigenvalue weighted by Crippen LogP contribution is -2.51. The third-order valence-corrected chi connectivity index (χ3v) is 4.64. The van der Waals surface area contributed by atoms with Crippen LogP contribution in [0.1, 0.15) is 32.6 Å². The highest BCUT2D eigenvalue weighted by atomic mass is 16.2. The summed E-state index contributed by atoms with van der Waals surface area (Å²) in [5, 5.41) is 3.13. The second kappa shape index (κ2) is 8.91. The summed E-state index contributed by atoms with van der Waals surface area (Å²) in [6.07, 6.45) is 4.62. The standard InChI is InChI=1S/C17H31N5O/c1-14(2)13-20-17(18)19-7-8-21-9-11-22(12-10-21)16(23)15-5-3-4-6-15/h15H,1,3-13H2,2H3,(H3,18,19,20). The Balaban J connectivity index is 1.62. The third kappa shape index (κ3) is 5.86. The number of nitrogens with two attached hydrogens (primary N) is 1. The molecular formula is C17H31N5O. The molecule has 1 amide bonds. The van der Waals surface area contributed by atoms with Crippen LogP contribution in [0.25, 0.3) is 0 Å². The maximum Gasteiger partial charge on any atom is 0.225 e. The van der Waals surface area contributed by atoms with Crippen LogP contribution in [0.4, 0.5) is 0 Å². The number of carbonyl (C=O) groups excluding carboxylic acids is 1. The maximum absolute atomic E-state index is 12.4. The van der Waals surface area contributed by atoms with Gasteiger partial charge in [-0.2, -0.15) is 0 Å². The Morgan fingerprint density at radius 3 is 2.52 bits per heavy atom. The number of rotatable bonds is 6. The molecular weight excluding hydrogens is 290 g/mol. The Morgan fingerprint density at radius 2 is 1.91 bits per heavy atom. The minimum absolute atomic E-state index is 0.299. The van der Waals surface area contributed by atoms with Gasteiger partial charge in [0, 0.05) is 45.2 Å². The highest BCUT2D eigenvalue weighted by Gasteiger charge is 2.29. The lowest BCUT2D eigenvalue weighted by atomic mass is 10.1. The van der Waals surface area contributed by atoms with E-state index in [2.05, 4.69) is 26.7 Å². The number of amides is 1. The Morgan fingerprint density at radius 1 is 1.26 bits per heavy atom. The lowest BCUT2D eigenvalue weighted by molar-refractivity contribution is -0.137. The van der Waals surface area contributed by atoms with E-state index in [0.717, 1.165) is 57.7 Å². The van der Waals surface area contributed by atoms with Crippen molar-refractivity contribution in [2.45, 2.75) is 32.6 Å². The van der Waals surface area contributed by atoms with Crippen molar-refractivity contribution in [3.8, 4) is 0 Å².